The lowest BCUT2D eigenvalue weighted by atomic mass is 10.2. The zero-order chi connectivity index (χ0) is 26.1. The van der Waals surface area contributed by atoms with Crippen LogP contribution in [0.4, 0.5) is 5.69 Å². The highest BCUT2D eigenvalue weighted by Gasteiger charge is 2.28. The van der Waals surface area contributed by atoms with Gasteiger partial charge in [0.1, 0.15) is 24.7 Å². The number of aryl methyl sites for hydroxylation is 1. The Bertz CT molecular complexity index is 1340. The fourth-order valence-electron chi connectivity index (χ4n) is 3.11. The predicted octanol–water partition coefficient (Wildman–Crippen LogP) is 4.68. The first-order chi connectivity index (χ1) is 17.2. The minimum atomic E-state index is -4.09. The maximum absolute atomic E-state index is 13.5. The molecule has 0 radical (unpaired) electrons. The summed E-state index contributed by atoms with van der Waals surface area (Å²) in [7, 11) is -2.60. The first-order valence-electron chi connectivity index (χ1n) is 10.8. The van der Waals surface area contributed by atoms with Crippen LogP contribution in [0, 0.1) is 6.92 Å². The zero-order valence-corrected chi connectivity index (χ0v) is 22.3. The van der Waals surface area contributed by atoms with Crippen LogP contribution in [-0.4, -0.2) is 40.8 Å². The summed E-state index contributed by atoms with van der Waals surface area (Å²) >= 11 is 3.32. The molecule has 3 aromatic carbocycles. The largest absolute Gasteiger partial charge is 0.496 e. The first kappa shape index (κ1) is 27.0. The van der Waals surface area contributed by atoms with Crippen molar-refractivity contribution in [3.63, 3.8) is 0 Å². The number of nitrogens with one attached hydrogen (secondary N) is 1. The Hall–Kier alpha value is -3.63. The maximum Gasteiger partial charge on any atom is 0.264 e. The molecule has 0 heterocycles. The van der Waals surface area contributed by atoms with Crippen LogP contribution in [0.1, 0.15) is 11.1 Å². The van der Waals surface area contributed by atoms with E-state index in [9.17, 15) is 13.2 Å². The second-order valence-electron chi connectivity index (χ2n) is 7.61. The molecular weight excluding hydrogens is 546 g/mol. The molecule has 0 aliphatic rings. The second-order valence-corrected chi connectivity index (χ2v) is 10.3. The van der Waals surface area contributed by atoms with Crippen LogP contribution in [0.2, 0.25) is 0 Å². The molecule has 188 valence electrons. The number of methoxy groups -OCH3 is 1. The van der Waals surface area contributed by atoms with Crippen LogP contribution in [0.25, 0.3) is 0 Å². The Morgan fingerprint density at radius 2 is 1.81 bits per heavy atom. The number of carbonyl (C=O) groups excluding carboxylic acids is 1. The lowest BCUT2D eigenvalue weighted by Crippen LogP contribution is -2.39. The Kier molecular flexibility index (Phi) is 9.26. The van der Waals surface area contributed by atoms with E-state index >= 15 is 0 Å². The Balaban J connectivity index is 1.79. The monoisotopic (exact) mass is 571 g/mol. The molecule has 10 heteroatoms. The zero-order valence-electron chi connectivity index (χ0n) is 19.8. The molecule has 3 aromatic rings. The number of halogens is 1. The quantitative estimate of drug-likeness (QED) is 0.205. The third-order valence-corrected chi connectivity index (χ3v) is 7.36. The number of rotatable bonds is 11. The summed E-state index contributed by atoms with van der Waals surface area (Å²) in [5.41, 5.74) is 4.43. The lowest BCUT2D eigenvalue weighted by molar-refractivity contribution is -0.119. The highest BCUT2D eigenvalue weighted by atomic mass is 79.9. The van der Waals surface area contributed by atoms with Crippen molar-refractivity contribution in [2.75, 3.05) is 24.6 Å². The molecule has 0 aliphatic heterocycles. The smallest absolute Gasteiger partial charge is 0.264 e. The van der Waals surface area contributed by atoms with E-state index < -0.39 is 22.5 Å². The van der Waals surface area contributed by atoms with Crippen molar-refractivity contribution in [1.29, 1.82) is 0 Å². The van der Waals surface area contributed by atoms with Gasteiger partial charge in [-0.2, -0.15) is 5.10 Å². The van der Waals surface area contributed by atoms with Gasteiger partial charge in [-0.1, -0.05) is 30.4 Å². The van der Waals surface area contributed by atoms with E-state index in [4.69, 9.17) is 9.47 Å². The number of hydrogen-bond acceptors (Lipinski definition) is 6. The van der Waals surface area contributed by atoms with E-state index in [-0.39, 0.29) is 4.90 Å². The Morgan fingerprint density at radius 3 is 2.42 bits per heavy atom. The van der Waals surface area contributed by atoms with E-state index in [1.165, 1.54) is 25.5 Å². The lowest BCUT2D eigenvalue weighted by Gasteiger charge is -2.24. The normalized spacial score (nSPS) is 11.2. The van der Waals surface area contributed by atoms with Crippen molar-refractivity contribution >= 4 is 43.8 Å². The van der Waals surface area contributed by atoms with Crippen LogP contribution in [-0.2, 0) is 14.8 Å². The summed E-state index contributed by atoms with van der Waals surface area (Å²) in [6, 6.07) is 18.4. The van der Waals surface area contributed by atoms with Crippen molar-refractivity contribution in [2.45, 2.75) is 11.8 Å². The Morgan fingerprint density at radius 1 is 1.11 bits per heavy atom. The topological polar surface area (TPSA) is 97.3 Å². The summed E-state index contributed by atoms with van der Waals surface area (Å²) in [4.78, 5) is 12.7. The fourth-order valence-corrected chi connectivity index (χ4v) is 5.25. The number of carbonyl (C=O) groups is 1. The van der Waals surface area contributed by atoms with Gasteiger partial charge in [-0.05, 0) is 83.0 Å². The molecule has 1 N–H and O–H groups in total. The molecule has 1 amide bonds. The van der Waals surface area contributed by atoms with Crippen LogP contribution < -0.4 is 19.2 Å². The van der Waals surface area contributed by atoms with Crippen LogP contribution in [0.15, 0.2) is 93.9 Å². The average Bonchev–Trinajstić information content (AvgIpc) is 2.87. The molecule has 0 saturated heterocycles. The summed E-state index contributed by atoms with van der Waals surface area (Å²) in [6.07, 6.45) is 3.11. The van der Waals surface area contributed by atoms with E-state index in [1.54, 1.807) is 60.7 Å². The van der Waals surface area contributed by atoms with Crippen molar-refractivity contribution in [2.24, 2.45) is 5.10 Å². The van der Waals surface area contributed by atoms with Gasteiger partial charge >= 0.3 is 0 Å². The highest BCUT2D eigenvalue weighted by molar-refractivity contribution is 9.10. The molecule has 0 atom stereocenters. The van der Waals surface area contributed by atoms with Gasteiger partial charge in [0.05, 0.1) is 28.4 Å². The number of anilines is 1. The van der Waals surface area contributed by atoms with Crippen molar-refractivity contribution in [3.8, 4) is 11.5 Å². The molecule has 0 unspecified atom stereocenters. The van der Waals surface area contributed by atoms with Gasteiger partial charge in [0.15, 0.2) is 0 Å². The van der Waals surface area contributed by atoms with Crippen LogP contribution >= 0.6 is 15.9 Å². The third kappa shape index (κ3) is 6.96. The SMILES string of the molecule is C=CCOc1ccc(/C=N\NC(=O)CN(c2ccc(C)cc2)S(=O)(=O)c2ccc(OC)c(Br)c2)cc1. The van der Waals surface area contributed by atoms with Gasteiger partial charge in [-0.25, -0.2) is 13.8 Å². The van der Waals surface area contributed by atoms with E-state index in [1.807, 2.05) is 6.92 Å². The standard InChI is InChI=1S/C26H26BrN3O5S/c1-4-15-35-22-11-7-20(8-12-22)17-28-29-26(31)18-30(21-9-5-19(2)6-10-21)36(32,33)23-13-14-25(34-3)24(27)16-23/h4-14,16-17H,1,15,18H2,2-3H3,(H,29,31)/b28-17-. The number of amides is 1. The fraction of sp³-hybridized carbons (Fsp3) is 0.154. The van der Waals surface area contributed by atoms with E-state index in [0.717, 1.165) is 15.4 Å². The molecule has 8 nitrogen and oxygen atoms in total. The van der Waals surface area contributed by atoms with Crippen LogP contribution in [0.5, 0.6) is 11.5 Å². The molecule has 36 heavy (non-hydrogen) atoms. The molecular formula is C26H26BrN3O5S. The number of nitrogens with zero attached hydrogens (tertiary/aromatic N) is 2. The molecule has 0 spiro atoms. The molecule has 0 bridgehead atoms. The molecule has 0 aliphatic carbocycles. The van der Waals surface area contributed by atoms with Gasteiger partial charge in [0.25, 0.3) is 15.9 Å². The third-order valence-electron chi connectivity index (χ3n) is 4.97. The summed E-state index contributed by atoms with van der Waals surface area (Å²) < 4.78 is 39.2. The van der Waals surface area contributed by atoms with Crippen LogP contribution in [0.3, 0.4) is 0 Å². The highest BCUT2D eigenvalue weighted by Crippen LogP contribution is 2.30. The van der Waals surface area contributed by atoms with Gasteiger partial charge in [0, 0.05) is 0 Å². The first-order valence-corrected chi connectivity index (χ1v) is 13.1. The van der Waals surface area contributed by atoms with Gasteiger partial charge in [0.2, 0.25) is 0 Å². The average molecular weight is 572 g/mol. The minimum absolute atomic E-state index is 0.00538. The second kappa shape index (κ2) is 12.4. The van der Waals surface area contributed by atoms with Gasteiger partial charge in [-0.3, -0.25) is 9.10 Å². The molecule has 3 rings (SSSR count). The minimum Gasteiger partial charge on any atom is -0.496 e. The number of benzene rings is 3. The number of hydrazone groups is 1. The maximum atomic E-state index is 13.5. The molecule has 0 fully saturated rings. The number of sulfonamides is 1. The number of ether oxygens (including phenoxy) is 2. The summed E-state index contributed by atoms with van der Waals surface area (Å²) in [5, 5.41) is 3.96. The predicted molar refractivity (Wildman–Crippen MR) is 144 cm³/mol. The number of hydrogen-bond donors (Lipinski definition) is 1. The van der Waals surface area contributed by atoms with Crippen molar-refractivity contribution in [3.05, 3.63) is 95.0 Å². The van der Waals surface area contributed by atoms with E-state index in [2.05, 4.69) is 33.0 Å². The molecule has 0 aromatic heterocycles. The van der Waals surface area contributed by atoms with Gasteiger partial charge < -0.3 is 9.47 Å². The molecule has 0 saturated carbocycles. The van der Waals surface area contributed by atoms with Crippen molar-refractivity contribution < 1.29 is 22.7 Å². The summed E-state index contributed by atoms with van der Waals surface area (Å²) in [6.45, 7) is 5.42. The van der Waals surface area contributed by atoms with Gasteiger partial charge in [-0.15, -0.1) is 0 Å². The summed E-state index contributed by atoms with van der Waals surface area (Å²) in [5.74, 6) is 0.567. The van der Waals surface area contributed by atoms with Crippen molar-refractivity contribution in [1.82, 2.24) is 5.43 Å². The Labute approximate surface area is 219 Å². The van der Waals surface area contributed by atoms with E-state index in [0.29, 0.717) is 28.3 Å².